The summed E-state index contributed by atoms with van der Waals surface area (Å²) in [7, 11) is 3.35. The van der Waals surface area contributed by atoms with E-state index in [4.69, 9.17) is 14.2 Å². The molecule has 34 heavy (non-hydrogen) atoms. The Hall–Kier alpha value is -3.05. The number of hydrogen-bond acceptors (Lipinski definition) is 5. The van der Waals surface area contributed by atoms with Gasteiger partial charge in [0.15, 0.2) is 0 Å². The van der Waals surface area contributed by atoms with Gasteiger partial charge in [-0.25, -0.2) is 4.79 Å². The van der Waals surface area contributed by atoms with E-state index < -0.39 is 0 Å². The maximum absolute atomic E-state index is 12.8. The largest absolute Gasteiger partial charge is 0.497 e. The first-order valence-corrected chi connectivity index (χ1v) is 12.3. The summed E-state index contributed by atoms with van der Waals surface area (Å²) in [5, 5.41) is 1.09. The summed E-state index contributed by atoms with van der Waals surface area (Å²) in [6.45, 7) is 11.4. The van der Waals surface area contributed by atoms with E-state index in [-0.39, 0.29) is 16.8 Å². The van der Waals surface area contributed by atoms with Gasteiger partial charge in [-0.3, -0.25) is 0 Å². The molecule has 0 amide bonds. The first-order chi connectivity index (χ1) is 16.1. The van der Waals surface area contributed by atoms with E-state index in [2.05, 4.69) is 52.0 Å². The zero-order valence-electron chi connectivity index (χ0n) is 20.9. The highest BCUT2D eigenvalue weighted by molar-refractivity contribution is 7.12. The maximum atomic E-state index is 12.8. The van der Waals surface area contributed by atoms with E-state index >= 15 is 0 Å². The molecule has 0 radical (unpaired) electrons. The predicted molar refractivity (Wildman–Crippen MR) is 138 cm³/mol. The Morgan fingerprint density at radius 3 is 1.74 bits per heavy atom. The Morgan fingerprint density at radius 1 is 0.794 bits per heavy atom. The number of thiophene rings is 1. The Morgan fingerprint density at radius 2 is 1.26 bits per heavy atom. The molecule has 3 aromatic rings. The van der Waals surface area contributed by atoms with E-state index in [9.17, 15) is 4.79 Å². The van der Waals surface area contributed by atoms with Crippen molar-refractivity contribution in [3.8, 4) is 11.5 Å². The molecule has 5 heteroatoms. The van der Waals surface area contributed by atoms with Crippen molar-refractivity contribution in [1.82, 2.24) is 0 Å². The number of ether oxygens (including phenoxy) is 3. The molecule has 0 aliphatic heterocycles. The molecular weight excluding hydrogens is 444 g/mol. The summed E-state index contributed by atoms with van der Waals surface area (Å²) >= 11 is 1.52. The molecule has 1 aliphatic carbocycles. The van der Waals surface area contributed by atoms with Crippen molar-refractivity contribution in [2.24, 2.45) is 10.8 Å². The molecule has 1 heterocycles. The van der Waals surface area contributed by atoms with Crippen LogP contribution in [-0.2, 0) is 4.74 Å². The third-order valence-electron chi connectivity index (χ3n) is 7.27. The second kappa shape index (κ2) is 8.95. The van der Waals surface area contributed by atoms with Gasteiger partial charge in [0.2, 0.25) is 0 Å². The standard InChI is InChI=1S/C29H32O4S/c1-8-33-27(30)23-17-22-24(18-9-13-20(31-6)14-10-18)28(2,3)29(4,5)25(26(22)34-23)19-11-15-21(32-7)16-12-19/h9-17H,8H2,1-7H3. The smallest absolute Gasteiger partial charge is 0.348 e. The SMILES string of the molecule is CCOC(=O)c1cc2c(s1)=C(c1ccc(OC)cc1)C(C)(C)C(C)(C)C=2c1ccc(OC)cc1. The third-order valence-corrected chi connectivity index (χ3v) is 8.41. The van der Waals surface area contributed by atoms with Crippen LogP contribution in [0.2, 0.25) is 0 Å². The van der Waals surface area contributed by atoms with Crippen molar-refractivity contribution < 1.29 is 19.0 Å². The molecule has 0 unspecified atom stereocenters. The van der Waals surface area contributed by atoms with Crippen molar-refractivity contribution in [3.05, 3.63) is 80.4 Å². The van der Waals surface area contributed by atoms with Crippen molar-refractivity contribution in [3.63, 3.8) is 0 Å². The monoisotopic (exact) mass is 476 g/mol. The van der Waals surface area contributed by atoms with Crippen LogP contribution in [0.25, 0.3) is 11.1 Å². The Bertz CT molecular complexity index is 1230. The average Bonchev–Trinajstić information content (AvgIpc) is 3.24. The summed E-state index contributed by atoms with van der Waals surface area (Å²) < 4.78 is 17.3. The number of esters is 1. The second-order valence-corrected chi connectivity index (χ2v) is 10.6. The first kappa shape index (κ1) is 24.1. The first-order valence-electron chi connectivity index (χ1n) is 11.5. The summed E-state index contributed by atoms with van der Waals surface area (Å²) in [5.74, 6) is 1.36. The number of benzene rings is 2. The van der Waals surface area contributed by atoms with Crippen LogP contribution in [0.15, 0.2) is 54.6 Å². The average molecular weight is 477 g/mol. The lowest BCUT2D eigenvalue weighted by Crippen LogP contribution is -2.47. The van der Waals surface area contributed by atoms with Crippen LogP contribution in [0.1, 0.15) is 55.4 Å². The van der Waals surface area contributed by atoms with Crippen molar-refractivity contribution in [2.75, 3.05) is 20.8 Å². The molecule has 4 nitrogen and oxygen atoms in total. The molecule has 0 fully saturated rings. The molecule has 178 valence electrons. The molecule has 0 spiro atoms. The van der Waals surface area contributed by atoms with E-state index in [1.165, 1.54) is 22.5 Å². The van der Waals surface area contributed by atoms with Gasteiger partial charge in [-0.15, -0.1) is 11.3 Å². The van der Waals surface area contributed by atoms with Gasteiger partial charge in [0.05, 0.1) is 20.8 Å². The Labute approximate surface area is 205 Å². The number of carbonyl (C=O) groups is 1. The van der Waals surface area contributed by atoms with Gasteiger partial charge in [0, 0.05) is 15.4 Å². The molecule has 0 bridgehead atoms. The van der Waals surface area contributed by atoms with Gasteiger partial charge < -0.3 is 14.2 Å². The molecule has 4 rings (SSSR count). The highest BCUT2D eigenvalue weighted by Gasteiger charge is 2.47. The lowest BCUT2D eigenvalue weighted by Gasteiger charge is -2.47. The van der Waals surface area contributed by atoms with Gasteiger partial charge in [-0.1, -0.05) is 52.0 Å². The number of carbonyl (C=O) groups excluding carboxylic acids is 1. The highest BCUT2D eigenvalue weighted by Crippen LogP contribution is 2.54. The molecular formula is C29H32O4S. The number of rotatable bonds is 6. The van der Waals surface area contributed by atoms with Crippen LogP contribution in [0.5, 0.6) is 11.5 Å². The summed E-state index contributed by atoms with van der Waals surface area (Å²) in [6, 6.07) is 18.4. The van der Waals surface area contributed by atoms with Gasteiger partial charge >= 0.3 is 5.97 Å². The van der Waals surface area contributed by atoms with Gasteiger partial charge in [0.1, 0.15) is 16.4 Å². The summed E-state index contributed by atoms with van der Waals surface area (Å²) in [6.07, 6.45) is 0. The Balaban J connectivity index is 2.13. The van der Waals surface area contributed by atoms with Crippen LogP contribution in [0, 0.1) is 10.8 Å². The topological polar surface area (TPSA) is 44.8 Å². The van der Waals surface area contributed by atoms with Gasteiger partial charge in [-0.2, -0.15) is 0 Å². The van der Waals surface area contributed by atoms with Gasteiger partial charge in [-0.05, 0) is 64.7 Å². The van der Waals surface area contributed by atoms with Crippen molar-refractivity contribution in [2.45, 2.75) is 34.6 Å². The fraction of sp³-hybridized carbons (Fsp3) is 0.345. The van der Waals surface area contributed by atoms with Crippen molar-refractivity contribution in [1.29, 1.82) is 0 Å². The molecule has 1 aromatic heterocycles. The van der Waals surface area contributed by atoms with Crippen molar-refractivity contribution >= 4 is 28.5 Å². The van der Waals surface area contributed by atoms with Crippen LogP contribution < -0.4 is 19.2 Å². The molecule has 0 N–H and O–H groups in total. The Kier molecular flexibility index (Phi) is 6.34. The van der Waals surface area contributed by atoms with E-state index in [1.807, 2.05) is 37.3 Å². The molecule has 0 saturated heterocycles. The zero-order chi connectivity index (χ0) is 24.7. The fourth-order valence-electron chi connectivity index (χ4n) is 4.83. The minimum absolute atomic E-state index is 0.235. The quantitative estimate of drug-likeness (QED) is 0.447. The fourth-order valence-corrected chi connectivity index (χ4v) is 6.12. The molecule has 0 saturated carbocycles. The second-order valence-electron chi connectivity index (χ2n) is 9.53. The normalized spacial score (nSPS) is 16.1. The lowest BCUT2D eigenvalue weighted by molar-refractivity contribution is 0.0532. The minimum atomic E-state index is -0.277. The third kappa shape index (κ3) is 3.82. The van der Waals surface area contributed by atoms with Crippen LogP contribution >= 0.6 is 11.3 Å². The lowest BCUT2D eigenvalue weighted by atomic mass is 9.56. The molecule has 2 aromatic carbocycles. The maximum Gasteiger partial charge on any atom is 0.348 e. The van der Waals surface area contributed by atoms with E-state index in [1.54, 1.807) is 14.2 Å². The van der Waals surface area contributed by atoms with Crippen LogP contribution in [0.4, 0.5) is 0 Å². The highest BCUT2D eigenvalue weighted by atomic mass is 32.1. The minimum Gasteiger partial charge on any atom is -0.497 e. The number of methoxy groups -OCH3 is 2. The zero-order valence-corrected chi connectivity index (χ0v) is 21.8. The van der Waals surface area contributed by atoms with Crippen LogP contribution in [-0.4, -0.2) is 26.8 Å². The molecule has 1 aliphatic rings. The van der Waals surface area contributed by atoms with Crippen LogP contribution in [0.3, 0.4) is 0 Å². The number of hydrogen-bond donors (Lipinski definition) is 0. The molecule has 0 atom stereocenters. The van der Waals surface area contributed by atoms with E-state index in [0.29, 0.717) is 11.5 Å². The summed E-state index contributed by atoms with van der Waals surface area (Å²) in [4.78, 5) is 13.4. The number of fused-ring (bicyclic) bond motifs is 1. The predicted octanol–water partition coefficient (Wildman–Crippen LogP) is 5.41. The van der Waals surface area contributed by atoms with E-state index in [0.717, 1.165) is 32.4 Å². The summed E-state index contributed by atoms with van der Waals surface area (Å²) in [5.41, 5.74) is 4.23. The van der Waals surface area contributed by atoms with Gasteiger partial charge in [0.25, 0.3) is 0 Å².